The first-order valence-corrected chi connectivity index (χ1v) is 8.79. The predicted octanol–water partition coefficient (Wildman–Crippen LogP) is 2.36. The number of nitrogens with zero attached hydrogens (tertiary/aromatic N) is 3. The van der Waals surface area contributed by atoms with E-state index in [1.54, 1.807) is 17.5 Å². The number of pyridine rings is 1. The molecule has 1 saturated heterocycles. The van der Waals surface area contributed by atoms with Crippen molar-refractivity contribution in [2.24, 2.45) is 5.92 Å². The van der Waals surface area contributed by atoms with Crippen LogP contribution in [0.4, 0.5) is 0 Å². The van der Waals surface area contributed by atoms with E-state index < -0.39 is 6.10 Å². The van der Waals surface area contributed by atoms with Crippen molar-refractivity contribution in [1.29, 1.82) is 0 Å². The van der Waals surface area contributed by atoms with E-state index in [0.717, 1.165) is 29.2 Å². The van der Waals surface area contributed by atoms with Crippen LogP contribution in [0.2, 0.25) is 0 Å². The Bertz CT molecular complexity index is 651. The fourth-order valence-corrected chi connectivity index (χ4v) is 3.63. The van der Waals surface area contributed by atoms with Gasteiger partial charge >= 0.3 is 0 Å². The van der Waals surface area contributed by atoms with Crippen molar-refractivity contribution in [2.45, 2.75) is 32.3 Å². The summed E-state index contributed by atoms with van der Waals surface area (Å²) in [6, 6.07) is 5.59. The monoisotopic (exact) mass is 331 g/mol. The Labute approximate surface area is 140 Å². The summed E-state index contributed by atoms with van der Waals surface area (Å²) < 4.78 is 0. The molecule has 0 aromatic carbocycles. The number of piperidine rings is 1. The van der Waals surface area contributed by atoms with E-state index in [1.165, 1.54) is 0 Å². The molecular weight excluding hydrogens is 310 g/mol. The summed E-state index contributed by atoms with van der Waals surface area (Å²) in [7, 11) is 0. The van der Waals surface area contributed by atoms with Gasteiger partial charge < -0.3 is 10.0 Å². The van der Waals surface area contributed by atoms with E-state index in [9.17, 15) is 9.90 Å². The molecule has 1 unspecified atom stereocenters. The number of likely N-dealkylation sites (tertiary alicyclic amines) is 1. The van der Waals surface area contributed by atoms with Gasteiger partial charge in [0.05, 0.1) is 28.9 Å². The second-order valence-corrected chi connectivity index (χ2v) is 7.01. The topological polar surface area (TPSA) is 66.3 Å². The molecule has 1 aliphatic rings. The first-order chi connectivity index (χ1) is 11.1. The van der Waals surface area contributed by atoms with Crippen LogP contribution in [-0.2, 0) is 11.2 Å². The van der Waals surface area contributed by atoms with Gasteiger partial charge in [0.15, 0.2) is 0 Å². The lowest BCUT2D eigenvalue weighted by molar-refractivity contribution is -0.132. The summed E-state index contributed by atoms with van der Waals surface area (Å²) in [5.41, 5.74) is 1.57. The molecule has 0 saturated carbocycles. The van der Waals surface area contributed by atoms with Gasteiger partial charge in [-0.1, -0.05) is 6.07 Å². The second-order valence-electron chi connectivity index (χ2n) is 5.95. The van der Waals surface area contributed by atoms with Crippen LogP contribution < -0.4 is 0 Å². The van der Waals surface area contributed by atoms with Crippen molar-refractivity contribution in [3.63, 3.8) is 0 Å². The number of aliphatic hydroxyl groups is 1. The van der Waals surface area contributed by atoms with E-state index in [0.29, 0.717) is 19.5 Å². The maximum Gasteiger partial charge on any atom is 0.228 e. The van der Waals surface area contributed by atoms with Crippen LogP contribution in [-0.4, -0.2) is 39.0 Å². The van der Waals surface area contributed by atoms with Gasteiger partial charge in [0, 0.05) is 24.7 Å². The third-order valence-corrected chi connectivity index (χ3v) is 5.15. The molecule has 23 heavy (non-hydrogen) atoms. The van der Waals surface area contributed by atoms with Crippen LogP contribution in [0, 0.1) is 12.8 Å². The van der Waals surface area contributed by atoms with Crippen LogP contribution in [0.3, 0.4) is 0 Å². The van der Waals surface area contributed by atoms with Crippen molar-refractivity contribution >= 4 is 17.2 Å². The number of hydrogen-bond acceptors (Lipinski definition) is 5. The quantitative estimate of drug-likeness (QED) is 0.934. The van der Waals surface area contributed by atoms with Gasteiger partial charge in [-0.15, -0.1) is 11.3 Å². The van der Waals surface area contributed by atoms with Gasteiger partial charge in [0.1, 0.15) is 0 Å². The minimum absolute atomic E-state index is 0.126. The average Bonchev–Trinajstić information content (AvgIpc) is 3.00. The van der Waals surface area contributed by atoms with Crippen molar-refractivity contribution in [3.8, 4) is 0 Å². The van der Waals surface area contributed by atoms with Crippen molar-refractivity contribution in [2.75, 3.05) is 13.1 Å². The molecule has 2 aromatic rings. The summed E-state index contributed by atoms with van der Waals surface area (Å²) in [4.78, 5) is 22.8. The van der Waals surface area contributed by atoms with Crippen LogP contribution in [0.5, 0.6) is 0 Å². The van der Waals surface area contributed by atoms with Gasteiger partial charge in [-0.2, -0.15) is 0 Å². The first kappa shape index (κ1) is 16.1. The molecule has 122 valence electrons. The number of thiazole rings is 1. The van der Waals surface area contributed by atoms with Gasteiger partial charge in [-0.25, -0.2) is 4.98 Å². The van der Waals surface area contributed by atoms with Crippen LogP contribution in [0.1, 0.15) is 35.3 Å². The van der Waals surface area contributed by atoms with Crippen molar-refractivity contribution in [3.05, 3.63) is 46.2 Å². The van der Waals surface area contributed by atoms with Gasteiger partial charge in [0.2, 0.25) is 5.91 Å². The molecule has 1 fully saturated rings. The number of hydrogen-bond donors (Lipinski definition) is 1. The Kier molecular flexibility index (Phi) is 5.03. The molecule has 3 heterocycles. The Balaban J connectivity index is 1.53. The zero-order chi connectivity index (χ0) is 16.2. The molecule has 6 heteroatoms. The van der Waals surface area contributed by atoms with Gasteiger partial charge in [0.25, 0.3) is 0 Å². The number of amides is 1. The number of aliphatic hydroxyl groups excluding tert-OH is 1. The summed E-state index contributed by atoms with van der Waals surface area (Å²) in [6.45, 7) is 3.33. The van der Waals surface area contributed by atoms with E-state index in [2.05, 4.69) is 9.97 Å². The molecule has 0 aliphatic carbocycles. The van der Waals surface area contributed by atoms with Gasteiger partial charge in [-0.05, 0) is 37.8 Å². The predicted molar refractivity (Wildman–Crippen MR) is 89.1 cm³/mol. The number of aryl methyl sites for hydroxylation is 1. The zero-order valence-corrected chi connectivity index (χ0v) is 14.0. The molecule has 1 amide bonds. The van der Waals surface area contributed by atoms with Crippen LogP contribution >= 0.6 is 11.3 Å². The lowest BCUT2D eigenvalue weighted by atomic mass is 9.89. The van der Waals surface area contributed by atoms with Crippen LogP contribution in [0.25, 0.3) is 0 Å². The number of aromatic nitrogens is 2. The van der Waals surface area contributed by atoms with Crippen LogP contribution in [0.15, 0.2) is 29.8 Å². The molecule has 0 bridgehead atoms. The molecule has 3 rings (SSSR count). The minimum atomic E-state index is -0.547. The third-order valence-electron chi connectivity index (χ3n) is 4.33. The smallest absolute Gasteiger partial charge is 0.228 e. The maximum atomic E-state index is 12.3. The summed E-state index contributed by atoms with van der Waals surface area (Å²) in [5, 5.41) is 13.4. The Morgan fingerprint density at radius 3 is 2.83 bits per heavy atom. The van der Waals surface area contributed by atoms with E-state index in [4.69, 9.17) is 0 Å². The largest absolute Gasteiger partial charge is 0.387 e. The fourth-order valence-electron chi connectivity index (χ4n) is 3.01. The number of rotatable bonds is 4. The molecule has 0 spiro atoms. The summed E-state index contributed by atoms with van der Waals surface area (Å²) in [6.07, 6.45) is 3.14. The fraction of sp³-hybridized carbons (Fsp3) is 0.471. The molecule has 2 aromatic heterocycles. The molecule has 5 nitrogen and oxygen atoms in total. The molecule has 1 aliphatic heterocycles. The molecule has 1 atom stereocenters. The van der Waals surface area contributed by atoms with Crippen molar-refractivity contribution < 1.29 is 9.90 Å². The third kappa shape index (κ3) is 3.95. The Hall–Kier alpha value is -1.79. The van der Waals surface area contributed by atoms with Gasteiger partial charge in [-0.3, -0.25) is 9.78 Å². The summed E-state index contributed by atoms with van der Waals surface area (Å²) in [5.74, 6) is 0.288. The molecular formula is C17H21N3O2S. The highest BCUT2D eigenvalue weighted by atomic mass is 32.1. The summed E-state index contributed by atoms with van der Waals surface area (Å²) >= 11 is 1.57. The number of carbonyl (C=O) groups excluding carboxylic acids is 1. The second kappa shape index (κ2) is 7.19. The molecule has 0 radical (unpaired) electrons. The maximum absolute atomic E-state index is 12.3. The highest BCUT2D eigenvalue weighted by Crippen LogP contribution is 2.29. The zero-order valence-electron chi connectivity index (χ0n) is 13.2. The molecule has 1 N–H and O–H groups in total. The lowest BCUT2D eigenvalue weighted by Gasteiger charge is -2.34. The normalized spacial score (nSPS) is 17.2. The Morgan fingerprint density at radius 1 is 1.43 bits per heavy atom. The van der Waals surface area contributed by atoms with E-state index in [-0.39, 0.29) is 11.8 Å². The highest BCUT2D eigenvalue weighted by Gasteiger charge is 2.28. The number of carbonyl (C=O) groups is 1. The lowest BCUT2D eigenvalue weighted by Crippen LogP contribution is -2.40. The standard InChI is InChI=1S/C17H21N3O2S/c1-12-19-14(11-23-12)10-16(21)20-8-5-13(6-9-20)17(22)15-4-2-3-7-18-15/h2-4,7,11,13,17,22H,5-6,8-10H2,1H3. The van der Waals surface area contributed by atoms with Crippen molar-refractivity contribution in [1.82, 2.24) is 14.9 Å². The minimum Gasteiger partial charge on any atom is -0.387 e. The van der Waals surface area contributed by atoms with E-state index in [1.807, 2.05) is 35.4 Å². The Morgan fingerprint density at radius 2 is 2.22 bits per heavy atom. The average molecular weight is 331 g/mol. The first-order valence-electron chi connectivity index (χ1n) is 7.91. The van der Waals surface area contributed by atoms with E-state index >= 15 is 0 Å². The SMILES string of the molecule is Cc1nc(CC(=O)N2CCC(C(O)c3ccccn3)CC2)cs1. The highest BCUT2D eigenvalue weighted by molar-refractivity contribution is 7.09.